The molecule has 0 unspecified atom stereocenters. The van der Waals surface area contributed by atoms with Crippen LogP contribution in [0.1, 0.15) is 176 Å². The summed E-state index contributed by atoms with van der Waals surface area (Å²) in [5.41, 5.74) is 28.0. The number of hydrogen-bond donors (Lipinski definition) is 6. The van der Waals surface area contributed by atoms with Gasteiger partial charge in [0.2, 0.25) is 0 Å². The number of nitrogens with zero attached hydrogens (tertiary/aromatic N) is 24. The number of anilines is 5. The highest BCUT2D eigenvalue weighted by molar-refractivity contribution is 6.00. The summed E-state index contributed by atoms with van der Waals surface area (Å²) >= 11 is 0. The normalized spacial score (nSPS) is 15.5. The van der Waals surface area contributed by atoms with Crippen LogP contribution in [-0.4, -0.2) is 213 Å². The summed E-state index contributed by atoms with van der Waals surface area (Å²) in [6.45, 7) is 37.6. The molecule has 0 saturated carbocycles. The predicted molar refractivity (Wildman–Crippen MR) is 555 cm³/mol. The Bertz CT molecular complexity index is 7840. The summed E-state index contributed by atoms with van der Waals surface area (Å²) in [5.74, 6) is 2.60. The summed E-state index contributed by atoms with van der Waals surface area (Å²) in [6.07, 6.45) is 18.6. The Morgan fingerprint density at radius 1 is 0.450 bits per heavy atom. The molecule has 0 aliphatic carbocycles. The zero-order valence-corrected chi connectivity index (χ0v) is 82.0. The maximum Gasteiger partial charge on any atom is 0.292 e. The quantitative estimate of drug-likeness (QED) is 0.0389. The summed E-state index contributed by atoms with van der Waals surface area (Å²) in [7, 11) is 2.00. The number of oxazole rings is 1. The largest absolute Gasteiger partial charge is 0.424 e. The Labute approximate surface area is 809 Å². The van der Waals surface area contributed by atoms with Gasteiger partial charge in [0.25, 0.3) is 28.3 Å². The van der Waals surface area contributed by atoms with Gasteiger partial charge in [0, 0.05) is 137 Å². The molecule has 0 radical (unpaired) electrons. The monoisotopic (exact) mass is 1890 g/mol. The van der Waals surface area contributed by atoms with Gasteiger partial charge in [-0.25, -0.2) is 59.5 Å². The number of H-pyrrole nitrogens is 3. The van der Waals surface area contributed by atoms with Crippen molar-refractivity contribution in [2.75, 3.05) is 99.1 Å². The van der Waals surface area contributed by atoms with Crippen molar-refractivity contribution >= 4 is 128 Å². The van der Waals surface area contributed by atoms with Crippen LogP contribution in [0.3, 0.4) is 0 Å². The number of aromatic nitrogens is 21. The van der Waals surface area contributed by atoms with Gasteiger partial charge in [-0.15, -0.1) is 0 Å². The van der Waals surface area contributed by atoms with Gasteiger partial charge in [0.15, 0.2) is 45.6 Å². The average Bonchev–Trinajstić information content (AvgIpc) is 1.47. The third-order valence-electron chi connectivity index (χ3n) is 29.0. The van der Waals surface area contributed by atoms with E-state index in [1.165, 1.54) is 19.0 Å². The van der Waals surface area contributed by atoms with Gasteiger partial charge in [-0.05, 0) is 220 Å². The van der Waals surface area contributed by atoms with Crippen LogP contribution >= 0.6 is 0 Å². The highest BCUT2D eigenvalue weighted by Gasteiger charge is 2.33. The van der Waals surface area contributed by atoms with Gasteiger partial charge in [-0.2, -0.15) is 10.1 Å². The van der Waals surface area contributed by atoms with Gasteiger partial charge < -0.3 is 83.8 Å². The van der Waals surface area contributed by atoms with Crippen LogP contribution in [0.15, 0.2) is 183 Å². The lowest BCUT2D eigenvalue weighted by Crippen LogP contribution is -2.42. The van der Waals surface area contributed by atoms with Crippen molar-refractivity contribution in [3.63, 3.8) is 0 Å². The molecule has 13 aromatic heterocycles. The molecule has 4 saturated heterocycles. The lowest BCUT2D eigenvalue weighted by atomic mass is 10.00. The van der Waals surface area contributed by atoms with Crippen molar-refractivity contribution in [3.05, 3.63) is 246 Å². The molecule has 5 aromatic carbocycles. The first kappa shape index (κ1) is 94.4. The van der Waals surface area contributed by atoms with Gasteiger partial charge in [-0.3, -0.25) is 19.2 Å². The average molecular weight is 1890 g/mol. The number of nitrogens with two attached hydrogens (primary N) is 2. The summed E-state index contributed by atoms with van der Waals surface area (Å²) in [4.78, 5) is 131. The van der Waals surface area contributed by atoms with E-state index in [2.05, 4.69) is 198 Å². The summed E-state index contributed by atoms with van der Waals surface area (Å²) in [6, 6.07) is 40.8. The number of nitrogens with one attached hydrogen (secondary N) is 4. The number of likely N-dealkylation sites (tertiary alicyclic amines) is 4. The van der Waals surface area contributed by atoms with Crippen LogP contribution in [0.5, 0.6) is 0 Å². The van der Waals surface area contributed by atoms with Crippen molar-refractivity contribution in [3.8, 4) is 11.3 Å². The molecular weight excluding hydrogens is 1760 g/mol. The lowest BCUT2D eigenvalue weighted by Gasteiger charge is -2.36. The van der Waals surface area contributed by atoms with Crippen molar-refractivity contribution in [1.29, 1.82) is 0 Å². The number of aromatic amines is 3. The number of pyridine rings is 4. The molecule has 724 valence electrons. The number of nitrogen functional groups attached to an aromatic ring is 2. The fourth-order valence-electron chi connectivity index (χ4n) is 21.5. The summed E-state index contributed by atoms with van der Waals surface area (Å²) < 4.78 is 15.5. The Balaban J connectivity index is 0.000000119. The number of imidazole rings is 3. The van der Waals surface area contributed by atoms with E-state index in [1.807, 2.05) is 140 Å². The van der Waals surface area contributed by atoms with E-state index >= 15 is 0 Å². The number of aryl methyl sites for hydroxylation is 4. The smallest absolute Gasteiger partial charge is 0.292 e. The molecule has 35 heteroatoms. The van der Waals surface area contributed by atoms with E-state index in [4.69, 9.17) is 21.0 Å². The molecule has 140 heavy (non-hydrogen) atoms. The lowest BCUT2D eigenvalue weighted by molar-refractivity contribution is 0.149. The minimum atomic E-state index is 0.0467. The molecule has 8 N–H and O–H groups in total. The maximum absolute atomic E-state index is 14.1. The molecule has 4 aliphatic rings. The highest BCUT2D eigenvalue weighted by Crippen LogP contribution is 2.38. The van der Waals surface area contributed by atoms with Crippen LogP contribution in [0, 0.1) is 27.7 Å². The van der Waals surface area contributed by atoms with E-state index in [9.17, 15) is 19.2 Å². The molecule has 0 atom stereocenters. The van der Waals surface area contributed by atoms with Gasteiger partial charge in [-0.1, -0.05) is 79.7 Å². The molecule has 4 fully saturated rings. The van der Waals surface area contributed by atoms with E-state index in [1.54, 1.807) is 25.3 Å². The third-order valence-corrected chi connectivity index (χ3v) is 29.0. The topological polar surface area (TPSA) is 405 Å². The van der Waals surface area contributed by atoms with Gasteiger partial charge in [0.05, 0.1) is 72.1 Å². The van der Waals surface area contributed by atoms with E-state index in [0.717, 1.165) is 239 Å². The first-order valence-electron chi connectivity index (χ1n) is 49.1. The van der Waals surface area contributed by atoms with Crippen LogP contribution < -0.4 is 48.8 Å². The molecule has 0 bridgehead atoms. The van der Waals surface area contributed by atoms with Crippen LogP contribution in [0.4, 0.5) is 29.3 Å². The van der Waals surface area contributed by atoms with Crippen molar-refractivity contribution in [2.45, 2.75) is 203 Å². The first-order valence-corrected chi connectivity index (χ1v) is 49.1. The number of rotatable bonds is 21. The molecule has 22 rings (SSSR count). The predicted octanol–water partition coefficient (Wildman–Crippen LogP) is 15.5. The Morgan fingerprint density at radius 2 is 0.864 bits per heavy atom. The van der Waals surface area contributed by atoms with Gasteiger partial charge in [0.1, 0.15) is 58.9 Å². The zero-order chi connectivity index (χ0) is 97.4. The zero-order valence-electron chi connectivity index (χ0n) is 82.0. The van der Waals surface area contributed by atoms with Crippen LogP contribution in [-0.2, 0) is 26.2 Å². The standard InChI is InChI=1S/C30H31N9O2.C26H33N7O.C25H31N7O.C24H29N7O/c1-3-37-11-9-20(10-12-37)39-21(13-18-6-4-5-17(2)24(18)29(39)40)15-38-28-25(27(31)33-16-34-28)26(36-38)19-7-8-23-22(14-19)35-30(32)41-23;1-5-31(25-23-24(28-15-27-23)29-16-30-25)14-21-13-19-8-6-7-18(4)22(19)26(34)33(21)20-9-11-32(12-10-20)17(2)3;1-16(2)31-10-8-19(9-11-31)32-20(12-18-7-5-6-17(3)21(18)25(32)33)13-30(4)24-22-23(27-14-26-22)28-15-29-24;1-15(2)30-9-7-18(8-10-30)31-19(11-17-6-4-5-16(3)20(17)24(31)32)12-25-22-21-23(27-13-26-21)29-14-28-22/h4-8,13-14,16,20H,3,9-12,15H2,1-2H3,(H2,32,35)(H2,31,33,34);6-8,13,15-17,20H,5,9-12,14H2,1-4H3,(H,27,28,29,30);5-7,12,14-16,19H,8-11,13H2,1-4H3,(H,26,27,28,29);4-6,11,13-15,18H,7-10,12H2,1-3H3,(H2,25,26,27,28,29). The number of benzene rings is 5. The van der Waals surface area contributed by atoms with Crippen molar-refractivity contribution in [2.24, 2.45) is 0 Å². The minimum Gasteiger partial charge on any atom is -0.424 e. The third kappa shape index (κ3) is 18.8. The fraction of sp³-hybridized carbons (Fsp3) is 0.400. The Kier molecular flexibility index (Phi) is 27.3. The van der Waals surface area contributed by atoms with Crippen LogP contribution in [0.25, 0.3) is 110 Å². The second-order valence-electron chi connectivity index (χ2n) is 38.5. The van der Waals surface area contributed by atoms with Crippen LogP contribution in [0.2, 0.25) is 0 Å². The first-order chi connectivity index (χ1) is 67.8. The number of fused-ring (bicyclic) bond motifs is 9. The Morgan fingerprint density at radius 3 is 1.34 bits per heavy atom. The van der Waals surface area contributed by atoms with E-state index in [-0.39, 0.29) is 52.4 Å². The minimum absolute atomic E-state index is 0.0467. The molecule has 35 nitrogen and oxygen atoms in total. The van der Waals surface area contributed by atoms with Crippen molar-refractivity contribution < 1.29 is 4.42 Å². The van der Waals surface area contributed by atoms with E-state index < -0.39 is 0 Å². The van der Waals surface area contributed by atoms with E-state index in [0.29, 0.717) is 101 Å². The maximum atomic E-state index is 14.1. The molecule has 17 heterocycles. The van der Waals surface area contributed by atoms with Gasteiger partial charge >= 0.3 is 0 Å². The number of piperidine rings is 4. The Hall–Kier alpha value is -14.6. The number of hydrogen-bond acceptors (Lipinski definition) is 27. The summed E-state index contributed by atoms with van der Waals surface area (Å²) in [5, 5.41) is 16.2. The highest BCUT2D eigenvalue weighted by atomic mass is 16.4. The molecule has 18 aromatic rings. The fourth-order valence-corrected chi connectivity index (χ4v) is 21.5. The molecule has 0 spiro atoms. The molecular formula is C105H124N30O5. The van der Waals surface area contributed by atoms with Crippen molar-refractivity contribution in [1.82, 2.24) is 122 Å². The second-order valence-corrected chi connectivity index (χ2v) is 38.5. The molecule has 0 amide bonds. The SMILES string of the molecule is CCN(Cc1cc2cccc(C)c2c(=O)n1C1CCN(C(C)C)CC1)c1ncnc2nc[nH]c12.CCN1CCC(n2c(Cn3nc(-c4ccc5oc(N)nc5c4)c4c(N)ncnc43)cc3cccc(C)c3c2=O)CC1.Cc1cccc2cc(CN(C)c3ncnc4nc[nH]c34)n(C3CCN(C(C)C)CC3)c(=O)c12.Cc1cccc2cc(CNc3ncnc4nc[nH]c34)n(C3CCN(C(C)C)CC3)c(=O)c12. The molecule has 4 aliphatic heterocycles. The second kappa shape index (κ2) is 40.5.